The predicted octanol–water partition coefficient (Wildman–Crippen LogP) is 3.46. The third kappa shape index (κ3) is 2.58. The van der Waals surface area contributed by atoms with Crippen molar-refractivity contribution < 1.29 is 14.2 Å². The first-order valence-electron chi connectivity index (χ1n) is 6.56. The summed E-state index contributed by atoms with van der Waals surface area (Å²) in [6.07, 6.45) is -1.11. The van der Waals surface area contributed by atoms with Gasteiger partial charge in [-0.1, -0.05) is 24.3 Å². The zero-order valence-corrected chi connectivity index (χ0v) is 11.5. The topological polar surface area (TPSA) is 42.4 Å². The monoisotopic (exact) mass is 283 g/mol. The summed E-state index contributed by atoms with van der Waals surface area (Å²) in [4.78, 5) is 4.39. The Labute approximate surface area is 121 Å². The summed E-state index contributed by atoms with van der Waals surface area (Å²) in [7, 11) is 1.47. The number of para-hydroxylation sites is 1. The van der Waals surface area contributed by atoms with E-state index in [9.17, 15) is 9.50 Å². The molecule has 21 heavy (non-hydrogen) atoms. The molecule has 1 aromatic heterocycles. The number of aliphatic hydroxyl groups excluding tert-OH is 1. The van der Waals surface area contributed by atoms with Crippen LogP contribution in [0.25, 0.3) is 10.9 Å². The Morgan fingerprint density at radius 1 is 1.10 bits per heavy atom. The molecule has 3 nitrogen and oxygen atoms in total. The van der Waals surface area contributed by atoms with E-state index in [2.05, 4.69) is 4.98 Å². The first kappa shape index (κ1) is 13.5. The third-order valence-corrected chi connectivity index (χ3v) is 3.40. The number of ether oxygens (including phenoxy) is 1. The van der Waals surface area contributed by atoms with E-state index in [1.807, 2.05) is 30.3 Å². The van der Waals surface area contributed by atoms with E-state index in [-0.39, 0.29) is 5.56 Å². The van der Waals surface area contributed by atoms with Gasteiger partial charge in [0.05, 0.1) is 18.3 Å². The van der Waals surface area contributed by atoms with Gasteiger partial charge in [-0.05, 0) is 24.3 Å². The molecule has 106 valence electrons. The number of halogens is 1. The zero-order chi connectivity index (χ0) is 14.8. The number of fused-ring (bicyclic) bond motifs is 1. The Morgan fingerprint density at radius 2 is 1.90 bits per heavy atom. The maximum absolute atomic E-state index is 14.0. The van der Waals surface area contributed by atoms with E-state index < -0.39 is 11.9 Å². The van der Waals surface area contributed by atoms with Crippen LogP contribution in [0.15, 0.2) is 54.6 Å². The third-order valence-electron chi connectivity index (χ3n) is 3.40. The van der Waals surface area contributed by atoms with Crippen LogP contribution in [0, 0.1) is 5.82 Å². The fourth-order valence-electron chi connectivity index (χ4n) is 2.25. The number of pyridine rings is 1. The fraction of sp³-hybridized carbons (Fsp3) is 0.118. The number of rotatable bonds is 3. The van der Waals surface area contributed by atoms with Crippen LogP contribution in [0.2, 0.25) is 0 Å². The van der Waals surface area contributed by atoms with Crippen molar-refractivity contribution in [3.05, 3.63) is 71.7 Å². The molecule has 0 aliphatic rings. The highest BCUT2D eigenvalue weighted by atomic mass is 19.1. The van der Waals surface area contributed by atoms with Crippen LogP contribution in [0.4, 0.5) is 4.39 Å². The summed E-state index contributed by atoms with van der Waals surface area (Å²) < 4.78 is 19.0. The molecule has 0 radical (unpaired) electrons. The van der Waals surface area contributed by atoms with Gasteiger partial charge in [-0.2, -0.15) is 0 Å². The van der Waals surface area contributed by atoms with Crippen molar-refractivity contribution >= 4 is 10.9 Å². The Hall–Kier alpha value is -2.46. The van der Waals surface area contributed by atoms with Gasteiger partial charge in [0.15, 0.2) is 0 Å². The summed E-state index contributed by atoms with van der Waals surface area (Å²) in [5.74, 6) is -0.105. The average molecular weight is 283 g/mol. The summed E-state index contributed by atoms with van der Waals surface area (Å²) in [6.45, 7) is 0. The predicted molar refractivity (Wildman–Crippen MR) is 78.8 cm³/mol. The summed E-state index contributed by atoms with van der Waals surface area (Å²) in [6, 6.07) is 15.5. The van der Waals surface area contributed by atoms with Crippen molar-refractivity contribution in [1.29, 1.82) is 0 Å². The molecule has 4 heteroatoms. The lowest BCUT2D eigenvalue weighted by atomic mass is 10.0. The molecule has 1 heterocycles. The van der Waals surface area contributed by atoms with Gasteiger partial charge >= 0.3 is 0 Å². The minimum Gasteiger partial charge on any atom is -0.497 e. The second-order valence-electron chi connectivity index (χ2n) is 4.72. The molecule has 0 fully saturated rings. The second-order valence-corrected chi connectivity index (χ2v) is 4.72. The van der Waals surface area contributed by atoms with Gasteiger partial charge < -0.3 is 9.84 Å². The van der Waals surface area contributed by atoms with Crippen molar-refractivity contribution in [2.24, 2.45) is 0 Å². The molecule has 3 rings (SSSR count). The molecule has 2 aromatic carbocycles. The van der Waals surface area contributed by atoms with Crippen LogP contribution in [-0.2, 0) is 0 Å². The standard InChI is InChI=1S/C17H14FNO2/c1-21-12-7-8-13(14(18)10-12)17(20)16-9-6-11-4-2-3-5-15(11)19-16/h2-10,17,20H,1H3. The maximum atomic E-state index is 14.0. The highest BCUT2D eigenvalue weighted by molar-refractivity contribution is 5.78. The Morgan fingerprint density at radius 3 is 2.67 bits per heavy atom. The lowest BCUT2D eigenvalue weighted by Gasteiger charge is -2.13. The number of aromatic nitrogens is 1. The van der Waals surface area contributed by atoms with Crippen molar-refractivity contribution in [3.63, 3.8) is 0 Å². The molecule has 0 aliphatic heterocycles. The summed E-state index contributed by atoms with van der Waals surface area (Å²) in [5.41, 5.74) is 1.36. The molecule has 0 aliphatic carbocycles. The van der Waals surface area contributed by atoms with Crippen LogP contribution >= 0.6 is 0 Å². The van der Waals surface area contributed by atoms with E-state index in [0.29, 0.717) is 11.4 Å². The van der Waals surface area contributed by atoms with Gasteiger partial charge in [-0.3, -0.25) is 0 Å². The molecule has 0 spiro atoms. The summed E-state index contributed by atoms with van der Waals surface area (Å²) >= 11 is 0. The van der Waals surface area contributed by atoms with Crippen LogP contribution in [0.3, 0.4) is 0 Å². The van der Waals surface area contributed by atoms with Crippen LogP contribution in [0.1, 0.15) is 17.4 Å². The minimum atomic E-state index is -1.11. The van der Waals surface area contributed by atoms with Gasteiger partial charge in [0.25, 0.3) is 0 Å². The van der Waals surface area contributed by atoms with Crippen molar-refractivity contribution in [2.45, 2.75) is 6.10 Å². The van der Waals surface area contributed by atoms with Crippen molar-refractivity contribution in [1.82, 2.24) is 4.98 Å². The van der Waals surface area contributed by atoms with Gasteiger partial charge in [-0.15, -0.1) is 0 Å². The van der Waals surface area contributed by atoms with E-state index >= 15 is 0 Å². The molecule has 3 aromatic rings. The molecule has 1 N–H and O–H groups in total. The normalized spacial score (nSPS) is 12.3. The molecule has 1 atom stereocenters. The van der Waals surface area contributed by atoms with Gasteiger partial charge in [0, 0.05) is 17.0 Å². The zero-order valence-electron chi connectivity index (χ0n) is 11.5. The van der Waals surface area contributed by atoms with Gasteiger partial charge in [-0.25, -0.2) is 9.37 Å². The molecular weight excluding hydrogens is 269 g/mol. The van der Waals surface area contributed by atoms with Crippen LogP contribution in [-0.4, -0.2) is 17.2 Å². The smallest absolute Gasteiger partial charge is 0.133 e. The SMILES string of the molecule is COc1ccc(C(O)c2ccc3ccccc3n2)c(F)c1. The lowest BCUT2D eigenvalue weighted by Crippen LogP contribution is -2.05. The highest BCUT2D eigenvalue weighted by Crippen LogP contribution is 2.27. The molecule has 1 unspecified atom stereocenters. The number of hydrogen-bond donors (Lipinski definition) is 1. The Bertz CT molecular complexity index is 789. The van der Waals surface area contributed by atoms with E-state index in [1.54, 1.807) is 12.1 Å². The second kappa shape index (κ2) is 5.50. The fourth-order valence-corrected chi connectivity index (χ4v) is 2.25. The quantitative estimate of drug-likeness (QED) is 0.800. The number of benzene rings is 2. The van der Waals surface area contributed by atoms with E-state index in [1.165, 1.54) is 19.2 Å². The van der Waals surface area contributed by atoms with Crippen molar-refractivity contribution in [2.75, 3.05) is 7.11 Å². The van der Waals surface area contributed by atoms with Crippen molar-refractivity contribution in [3.8, 4) is 5.75 Å². The van der Waals surface area contributed by atoms with Gasteiger partial charge in [0.2, 0.25) is 0 Å². The molecule has 0 amide bonds. The highest BCUT2D eigenvalue weighted by Gasteiger charge is 2.17. The molecule has 0 bridgehead atoms. The largest absolute Gasteiger partial charge is 0.497 e. The average Bonchev–Trinajstić information content (AvgIpc) is 2.53. The molecule has 0 saturated heterocycles. The number of methoxy groups -OCH3 is 1. The summed E-state index contributed by atoms with van der Waals surface area (Å²) in [5, 5.41) is 11.3. The minimum absolute atomic E-state index is 0.179. The lowest BCUT2D eigenvalue weighted by molar-refractivity contribution is 0.210. The number of nitrogens with zero attached hydrogens (tertiary/aromatic N) is 1. The van der Waals surface area contributed by atoms with E-state index in [4.69, 9.17) is 4.74 Å². The Balaban J connectivity index is 2.01. The first-order chi connectivity index (χ1) is 10.2. The van der Waals surface area contributed by atoms with E-state index in [0.717, 1.165) is 10.9 Å². The van der Waals surface area contributed by atoms with Gasteiger partial charge in [0.1, 0.15) is 17.7 Å². The number of hydrogen-bond acceptors (Lipinski definition) is 3. The molecule has 0 saturated carbocycles. The Kier molecular flexibility index (Phi) is 3.54. The molecular formula is C17H14FNO2. The first-order valence-corrected chi connectivity index (χ1v) is 6.56. The number of aliphatic hydroxyl groups is 1. The maximum Gasteiger partial charge on any atom is 0.133 e. The van der Waals surface area contributed by atoms with Crippen LogP contribution < -0.4 is 4.74 Å². The van der Waals surface area contributed by atoms with Crippen LogP contribution in [0.5, 0.6) is 5.75 Å².